The molecule has 0 unspecified atom stereocenters. The van der Waals surface area contributed by atoms with Gasteiger partial charge in [-0.2, -0.15) is 0 Å². The average Bonchev–Trinajstić information content (AvgIpc) is 3.02. The molecule has 0 saturated heterocycles. The largest absolute Gasteiger partial charge is 0.352 e. The third kappa shape index (κ3) is 3.65. The molecule has 0 atom stereocenters. The molecule has 0 bridgehead atoms. The van der Waals surface area contributed by atoms with Crippen molar-refractivity contribution in [3.63, 3.8) is 0 Å². The number of carbonyl (C=O) groups is 1. The summed E-state index contributed by atoms with van der Waals surface area (Å²) in [5.41, 5.74) is 3.85. The van der Waals surface area contributed by atoms with E-state index in [1.807, 2.05) is 43.3 Å². The quantitative estimate of drug-likeness (QED) is 0.782. The second-order valence-electron chi connectivity index (χ2n) is 5.53. The van der Waals surface area contributed by atoms with Crippen LogP contribution in [-0.4, -0.2) is 32.4 Å². The van der Waals surface area contributed by atoms with E-state index in [1.165, 1.54) is 0 Å². The molecule has 0 saturated carbocycles. The summed E-state index contributed by atoms with van der Waals surface area (Å²) in [6.45, 7) is 2.48. The number of hydrogen-bond donors (Lipinski definition) is 1. The summed E-state index contributed by atoms with van der Waals surface area (Å²) >= 11 is 0. The number of benzene rings is 1. The molecule has 2 aromatic heterocycles. The molecule has 0 aliphatic heterocycles. The number of nitrogens with one attached hydrogen (secondary N) is 1. The zero-order chi connectivity index (χ0) is 16.9. The number of hydrogen-bond acceptors (Lipinski definition) is 4. The molecular weight excluding hydrogens is 302 g/mol. The monoisotopic (exact) mass is 321 g/mol. The van der Waals surface area contributed by atoms with Gasteiger partial charge in [-0.25, -0.2) is 0 Å². The summed E-state index contributed by atoms with van der Waals surface area (Å²) < 4.78 is 1.62. The predicted octanol–water partition coefficient (Wildman–Crippen LogP) is 2.22. The molecule has 2 heterocycles. The summed E-state index contributed by atoms with van der Waals surface area (Å²) in [5, 5.41) is 10.9. The van der Waals surface area contributed by atoms with Crippen LogP contribution in [0.1, 0.15) is 28.5 Å². The molecule has 3 aromatic rings. The van der Waals surface area contributed by atoms with Gasteiger partial charge in [-0.3, -0.25) is 14.5 Å². The minimum atomic E-state index is -0.112. The number of amides is 1. The van der Waals surface area contributed by atoms with Crippen LogP contribution in [0.2, 0.25) is 0 Å². The summed E-state index contributed by atoms with van der Waals surface area (Å²) in [6, 6.07) is 13.6. The number of rotatable bonds is 5. The molecule has 0 aliphatic rings. The van der Waals surface area contributed by atoms with Crippen LogP contribution in [-0.2, 0) is 13.5 Å². The van der Waals surface area contributed by atoms with Gasteiger partial charge in [-0.1, -0.05) is 35.5 Å². The van der Waals surface area contributed by atoms with E-state index in [4.69, 9.17) is 0 Å². The van der Waals surface area contributed by atoms with E-state index in [2.05, 4.69) is 20.6 Å². The van der Waals surface area contributed by atoms with E-state index in [9.17, 15) is 4.79 Å². The smallest absolute Gasteiger partial charge is 0.251 e. The molecule has 0 spiro atoms. The molecule has 3 rings (SSSR count). The van der Waals surface area contributed by atoms with Crippen molar-refractivity contribution in [2.24, 2.45) is 7.05 Å². The number of aryl methyl sites for hydroxylation is 1. The first-order valence-electron chi connectivity index (χ1n) is 7.85. The van der Waals surface area contributed by atoms with Crippen molar-refractivity contribution >= 4 is 5.91 Å². The molecule has 1 aromatic carbocycles. The Bertz CT molecular complexity index is 842. The van der Waals surface area contributed by atoms with Gasteiger partial charge in [-0.15, -0.1) is 5.10 Å². The Morgan fingerprint density at radius 2 is 1.96 bits per heavy atom. The third-order valence-electron chi connectivity index (χ3n) is 3.57. The minimum absolute atomic E-state index is 0.112. The number of nitrogens with zero attached hydrogens (tertiary/aromatic N) is 4. The SMILES string of the molecule is CCNC(=O)c1cc(Cc2ccccc2)nc(-c2cn(C)nn2)c1. The Labute approximate surface area is 140 Å². The van der Waals surface area contributed by atoms with Crippen molar-refractivity contribution < 1.29 is 4.79 Å². The van der Waals surface area contributed by atoms with E-state index in [1.54, 1.807) is 24.0 Å². The highest BCUT2D eigenvalue weighted by molar-refractivity contribution is 5.95. The van der Waals surface area contributed by atoms with E-state index in [0.29, 0.717) is 29.9 Å². The Kier molecular flexibility index (Phi) is 4.65. The van der Waals surface area contributed by atoms with E-state index in [-0.39, 0.29) is 5.91 Å². The maximum atomic E-state index is 12.3. The Morgan fingerprint density at radius 1 is 1.17 bits per heavy atom. The van der Waals surface area contributed by atoms with Gasteiger partial charge in [0.15, 0.2) is 0 Å². The lowest BCUT2D eigenvalue weighted by atomic mass is 10.1. The topological polar surface area (TPSA) is 72.7 Å². The molecule has 0 radical (unpaired) electrons. The molecule has 122 valence electrons. The van der Waals surface area contributed by atoms with Crippen molar-refractivity contribution in [1.82, 2.24) is 25.3 Å². The highest BCUT2D eigenvalue weighted by Gasteiger charge is 2.13. The highest BCUT2D eigenvalue weighted by atomic mass is 16.1. The van der Waals surface area contributed by atoms with Gasteiger partial charge in [0.2, 0.25) is 0 Å². The first kappa shape index (κ1) is 15.9. The van der Waals surface area contributed by atoms with Crippen molar-refractivity contribution in [3.05, 3.63) is 65.5 Å². The first-order chi connectivity index (χ1) is 11.7. The predicted molar refractivity (Wildman–Crippen MR) is 91.5 cm³/mol. The van der Waals surface area contributed by atoms with Crippen molar-refractivity contribution in [1.29, 1.82) is 0 Å². The maximum Gasteiger partial charge on any atom is 0.251 e. The Morgan fingerprint density at radius 3 is 2.62 bits per heavy atom. The van der Waals surface area contributed by atoms with Gasteiger partial charge in [0.25, 0.3) is 5.91 Å². The van der Waals surface area contributed by atoms with Gasteiger partial charge < -0.3 is 5.32 Å². The zero-order valence-corrected chi connectivity index (χ0v) is 13.7. The van der Waals surface area contributed by atoms with Crippen LogP contribution >= 0.6 is 0 Å². The maximum absolute atomic E-state index is 12.3. The molecule has 1 amide bonds. The van der Waals surface area contributed by atoms with Crippen LogP contribution in [0.25, 0.3) is 11.4 Å². The molecule has 6 heteroatoms. The lowest BCUT2D eigenvalue weighted by molar-refractivity contribution is 0.0955. The lowest BCUT2D eigenvalue weighted by Gasteiger charge is -2.08. The van der Waals surface area contributed by atoms with Crippen molar-refractivity contribution in [2.75, 3.05) is 6.54 Å². The molecule has 1 N–H and O–H groups in total. The van der Waals surface area contributed by atoms with Crippen LogP contribution in [0.4, 0.5) is 0 Å². The molecule has 0 aliphatic carbocycles. The average molecular weight is 321 g/mol. The molecule has 0 fully saturated rings. The summed E-state index contributed by atoms with van der Waals surface area (Å²) in [7, 11) is 1.80. The van der Waals surface area contributed by atoms with Gasteiger partial charge >= 0.3 is 0 Å². The van der Waals surface area contributed by atoms with E-state index >= 15 is 0 Å². The number of pyridine rings is 1. The normalized spacial score (nSPS) is 10.6. The Hall–Kier alpha value is -3.02. The Balaban J connectivity index is 2.00. The van der Waals surface area contributed by atoms with Crippen LogP contribution < -0.4 is 5.32 Å². The van der Waals surface area contributed by atoms with Gasteiger partial charge in [0.1, 0.15) is 5.69 Å². The van der Waals surface area contributed by atoms with E-state index in [0.717, 1.165) is 11.3 Å². The molecule has 24 heavy (non-hydrogen) atoms. The fraction of sp³-hybridized carbons (Fsp3) is 0.222. The summed E-state index contributed by atoms with van der Waals surface area (Å²) in [6.07, 6.45) is 2.44. The summed E-state index contributed by atoms with van der Waals surface area (Å²) in [4.78, 5) is 16.9. The van der Waals surface area contributed by atoms with Gasteiger partial charge in [-0.05, 0) is 24.6 Å². The summed E-state index contributed by atoms with van der Waals surface area (Å²) in [5.74, 6) is -0.112. The second kappa shape index (κ2) is 7.04. The first-order valence-corrected chi connectivity index (χ1v) is 7.85. The van der Waals surface area contributed by atoms with Crippen LogP contribution in [0.5, 0.6) is 0 Å². The highest BCUT2D eigenvalue weighted by Crippen LogP contribution is 2.18. The van der Waals surface area contributed by atoms with Crippen LogP contribution in [0.15, 0.2) is 48.7 Å². The lowest BCUT2D eigenvalue weighted by Crippen LogP contribution is -2.23. The van der Waals surface area contributed by atoms with E-state index < -0.39 is 0 Å². The van der Waals surface area contributed by atoms with Gasteiger partial charge in [0.05, 0.1) is 11.9 Å². The number of aromatic nitrogens is 4. The molecule has 6 nitrogen and oxygen atoms in total. The fourth-order valence-corrected chi connectivity index (χ4v) is 2.47. The third-order valence-corrected chi connectivity index (χ3v) is 3.57. The fourth-order valence-electron chi connectivity index (χ4n) is 2.47. The zero-order valence-electron chi connectivity index (χ0n) is 13.7. The standard InChI is InChI=1S/C18H19N5O/c1-3-19-18(24)14-10-15(9-13-7-5-4-6-8-13)20-16(11-14)17-12-23(2)22-21-17/h4-8,10-12H,3,9H2,1-2H3,(H,19,24). The van der Waals surface area contributed by atoms with Crippen LogP contribution in [0.3, 0.4) is 0 Å². The second-order valence-corrected chi connectivity index (χ2v) is 5.53. The molecular formula is C18H19N5O. The van der Waals surface area contributed by atoms with Crippen molar-refractivity contribution in [2.45, 2.75) is 13.3 Å². The van der Waals surface area contributed by atoms with Crippen molar-refractivity contribution in [3.8, 4) is 11.4 Å². The minimum Gasteiger partial charge on any atom is -0.352 e. The van der Waals surface area contributed by atoms with Gasteiger partial charge in [0, 0.05) is 31.3 Å². The number of carbonyl (C=O) groups excluding carboxylic acids is 1. The van der Waals surface area contributed by atoms with Crippen LogP contribution in [0, 0.1) is 0 Å².